The fraction of sp³-hybridized carbons (Fsp3) is 0.556. The first kappa shape index (κ1) is 15.0. The Morgan fingerprint density at radius 2 is 2.06 bits per heavy atom. The molecular weight excluding hydrogens is 262 g/mol. The Balaban J connectivity index is 0.000000184. The van der Waals surface area contributed by atoms with E-state index in [0.29, 0.717) is 10.6 Å². The molecule has 1 aliphatic heterocycles. The second kappa shape index (κ2) is 6.73. The van der Waals surface area contributed by atoms with E-state index < -0.39 is 31.2 Å². The van der Waals surface area contributed by atoms with Crippen molar-refractivity contribution in [3.05, 3.63) is 17.0 Å². The highest BCUT2D eigenvalue weighted by molar-refractivity contribution is 7.71. The Bertz CT molecular complexity index is 429. The molecule has 0 spiro atoms. The number of H-pyrrole nitrogens is 1. The fourth-order valence-electron chi connectivity index (χ4n) is 1.26. The first-order valence-electron chi connectivity index (χ1n) is 5.07. The molecular formula is C9H15N3O5S. The van der Waals surface area contributed by atoms with Crippen LogP contribution in [0.25, 0.3) is 0 Å². The van der Waals surface area contributed by atoms with Crippen LogP contribution in [0.4, 0.5) is 5.82 Å². The number of ether oxygens (including phenoxy) is 1. The second-order valence-electron chi connectivity index (χ2n) is 3.55. The zero-order chi connectivity index (χ0) is 13.7. The molecule has 18 heavy (non-hydrogen) atoms. The molecule has 1 unspecified atom stereocenters. The van der Waals surface area contributed by atoms with Crippen LogP contribution in [0.1, 0.15) is 0 Å². The van der Waals surface area contributed by atoms with E-state index in [0.717, 1.165) is 0 Å². The maximum absolute atomic E-state index is 8.93. The minimum atomic E-state index is -1.38. The molecule has 0 amide bonds. The Morgan fingerprint density at radius 3 is 2.33 bits per heavy atom. The van der Waals surface area contributed by atoms with Crippen molar-refractivity contribution in [3.8, 4) is 0 Å². The minimum Gasteiger partial charge on any atom is -0.394 e. The van der Waals surface area contributed by atoms with Gasteiger partial charge in [0.05, 0.1) is 6.61 Å². The highest BCUT2D eigenvalue weighted by Crippen LogP contribution is 2.18. The van der Waals surface area contributed by atoms with Gasteiger partial charge in [-0.25, -0.2) is 4.98 Å². The van der Waals surface area contributed by atoms with E-state index >= 15 is 0 Å². The average Bonchev–Trinajstić information content (AvgIpc) is 2.57. The summed E-state index contributed by atoms with van der Waals surface area (Å²) in [6, 6.07) is 1.65. The van der Waals surface area contributed by atoms with Gasteiger partial charge in [0.25, 0.3) is 0 Å². The topological polar surface area (TPSA) is 145 Å². The van der Waals surface area contributed by atoms with Gasteiger partial charge in [0.1, 0.15) is 24.1 Å². The van der Waals surface area contributed by atoms with Gasteiger partial charge in [-0.15, -0.1) is 0 Å². The molecule has 1 fully saturated rings. The number of nitrogens with zero attached hydrogens (tertiary/aromatic N) is 1. The Hall–Kier alpha value is -1.10. The predicted molar refractivity (Wildman–Crippen MR) is 63.8 cm³/mol. The van der Waals surface area contributed by atoms with Crippen molar-refractivity contribution < 1.29 is 25.2 Å². The number of aliphatic hydroxyl groups excluding tert-OH is 4. The van der Waals surface area contributed by atoms with Crippen LogP contribution in [0.3, 0.4) is 0 Å². The van der Waals surface area contributed by atoms with Crippen LogP contribution in [-0.4, -0.2) is 61.6 Å². The standard InChI is InChI=1S/C5H10O5.C4H5N3S/c6-1-2-3(7)4(8)5(9)10-2;5-3-1-2-6-4(8)7-3/h2-9H,1H2;1-2H,(H3,5,6,7,8)/t2-,3-,4+,5?;/m1./s1. The molecule has 2 rings (SSSR count). The van der Waals surface area contributed by atoms with Crippen LogP contribution in [0.2, 0.25) is 0 Å². The number of nitrogen functional groups attached to an aromatic ring is 1. The Labute approximate surface area is 108 Å². The van der Waals surface area contributed by atoms with Crippen molar-refractivity contribution in [3.63, 3.8) is 0 Å². The molecule has 0 aliphatic carbocycles. The van der Waals surface area contributed by atoms with Crippen LogP contribution < -0.4 is 5.73 Å². The summed E-state index contributed by atoms with van der Waals surface area (Å²) in [5, 5.41) is 35.0. The third kappa shape index (κ3) is 3.98. The first-order chi connectivity index (χ1) is 8.45. The molecule has 1 saturated heterocycles. The maximum Gasteiger partial charge on any atom is 0.198 e. The summed E-state index contributed by atoms with van der Waals surface area (Å²) in [6.45, 7) is -0.407. The smallest absolute Gasteiger partial charge is 0.198 e. The van der Waals surface area contributed by atoms with Crippen molar-refractivity contribution in [1.82, 2.24) is 9.97 Å². The highest BCUT2D eigenvalue weighted by atomic mass is 32.1. The van der Waals surface area contributed by atoms with E-state index in [9.17, 15) is 0 Å². The van der Waals surface area contributed by atoms with Crippen molar-refractivity contribution >= 4 is 18.0 Å². The van der Waals surface area contributed by atoms with Crippen molar-refractivity contribution in [1.29, 1.82) is 0 Å². The van der Waals surface area contributed by atoms with E-state index in [1.807, 2.05) is 0 Å². The molecule has 102 valence electrons. The summed E-state index contributed by atoms with van der Waals surface area (Å²) in [7, 11) is 0. The van der Waals surface area contributed by atoms with Gasteiger partial charge in [-0.2, -0.15) is 0 Å². The van der Waals surface area contributed by atoms with Gasteiger partial charge in [-0.3, -0.25) is 0 Å². The van der Waals surface area contributed by atoms with Crippen molar-refractivity contribution in [2.75, 3.05) is 12.3 Å². The molecule has 0 bridgehead atoms. The number of nitrogens with two attached hydrogens (primary N) is 1. The van der Waals surface area contributed by atoms with Gasteiger partial charge in [-0.1, -0.05) is 0 Å². The third-order valence-corrected chi connectivity index (χ3v) is 2.42. The molecule has 9 heteroatoms. The maximum atomic E-state index is 8.93. The van der Waals surface area contributed by atoms with Gasteiger partial charge in [-0.05, 0) is 18.3 Å². The molecule has 2 heterocycles. The largest absolute Gasteiger partial charge is 0.394 e. The molecule has 8 nitrogen and oxygen atoms in total. The van der Waals surface area contributed by atoms with Crippen LogP contribution >= 0.6 is 12.2 Å². The van der Waals surface area contributed by atoms with Gasteiger partial charge in [0.15, 0.2) is 11.1 Å². The fourth-order valence-corrected chi connectivity index (χ4v) is 1.44. The second-order valence-corrected chi connectivity index (χ2v) is 3.94. The summed E-state index contributed by atoms with van der Waals surface area (Å²) in [6.07, 6.45) is -3.10. The normalized spacial score (nSPS) is 30.7. The summed E-state index contributed by atoms with van der Waals surface area (Å²) in [5.41, 5.74) is 5.26. The lowest BCUT2D eigenvalue weighted by molar-refractivity contribution is -0.132. The van der Waals surface area contributed by atoms with Gasteiger partial charge < -0.3 is 35.9 Å². The lowest BCUT2D eigenvalue weighted by atomic mass is 10.1. The number of hydrogen-bond donors (Lipinski definition) is 6. The van der Waals surface area contributed by atoms with E-state index in [-0.39, 0.29) is 0 Å². The molecule has 4 atom stereocenters. The zero-order valence-corrected chi connectivity index (χ0v) is 10.1. The van der Waals surface area contributed by atoms with Crippen LogP contribution in [0, 0.1) is 4.77 Å². The van der Waals surface area contributed by atoms with Crippen molar-refractivity contribution in [2.45, 2.75) is 24.6 Å². The Morgan fingerprint density at radius 1 is 1.39 bits per heavy atom. The molecule has 1 aromatic heterocycles. The summed E-state index contributed by atoms with van der Waals surface area (Å²) in [5.74, 6) is 0.453. The predicted octanol–water partition coefficient (Wildman–Crippen LogP) is -1.86. The first-order valence-corrected chi connectivity index (χ1v) is 5.48. The quantitative estimate of drug-likeness (QED) is 0.328. The SMILES string of the molecule is Nc1cc[nH]c(=S)n1.OC[C@H]1OC(O)[C@@H](O)[C@@H]1O. The van der Waals surface area contributed by atoms with E-state index in [1.165, 1.54) is 0 Å². The number of anilines is 1. The number of aromatic amines is 1. The van der Waals surface area contributed by atoms with Crippen LogP contribution in [-0.2, 0) is 4.74 Å². The van der Waals surface area contributed by atoms with Gasteiger partial charge in [0.2, 0.25) is 0 Å². The van der Waals surface area contributed by atoms with E-state index in [4.69, 9.17) is 26.2 Å². The molecule has 1 aliphatic rings. The summed E-state index contributed by atoms with van der Waals surface area (Å²) >= 11 is 4.65. The molecule has 0 radical (unpaired) electrons. The molecule has 0 saturated carbocycles. The van der Waals surface area contributed by atoms with Crippen LogP contribution in [0.15, 0.2) is 12.3 Å². The Kier molecular flexibility index (Phi) is 5.59. The zero-order valence-electron chi connectivity index (χ0n) is 9.30. The third-order valence-electron chi connectivity index (χ3n) is 2.21. The highest BCUT2D eigenvalue weighted by Gasteiger charge is 2.41. The number of aliphatic hydroxyl groups is 4. The monoisotopic (exact) mass is 277 g/mol. The van der Waals surface area contributed by atoms with E-state index in [1.54, 1.807) is 12.3 Å². The lowest BCUT2D eigenvalue weighted by Crippen LogP contribution is -2.33. The number of hydrogen-bond acceptors (Lipinski definition) is 8. The lowest BCUT2D eigenvalue weighted by Gasteiger charge is -2.09. The molecule has 0 aromatic carbocycles. The van der Waals surface area contributed by atoms with Gasteiger partial charge >= 0.3 is 0 Å². The molecule has 7 N–H and O–H groups in total. The summed E-state index contributed by atoms with van der Waals surface area (Å²) in [4.78, 5) is 6.41. The van der Waals surface area contributed by atoms with Gasteiger partial charge in [0, 0.05) is 6.20 Å². The average molecular weight is 277 g/mol. The summed E-state index contributed by atoms with van der Waals surface area (Å²) < 4.78 is 4.96. The van der Waals surface area contributed by atoms with E-state index in [2.05, 4.69) is 26.9 Å². The minimum absolute atomic E-state index is 0.407. The van der Waals surface area contributed by atoms with Crippen molar-refractivity contribution in [2.24, 2.45) is 0 Å². The number of rotatable bonds is 1. The number of nitrogens with one attached hydrogen (secondary N) is 1. The van der Waals surface area contributed by atoms with Crippen LogP contribution in [0.5, 0.6) is 0 Å². The molecule has 1 aromatic rings. The number of aromatic nitrogens is 2.